The molecule has 1 aliphatic heterocycles. The van der Waals surface area contributed by atoms with Gasteiger partial charge in [-0.3, -0.25) is 0 Å². The van der Waals surface area contributed by atoms with Gasteiger partial charge in [0.1, 0.15) is 0 Å². The fourth-order valence-electron chi connectivity index (χ4n) is 2.61. The molecule has 0 amide bonds. The summed E-state index contributed by atoms with van der Waals surface area (Å²) in [5.41, 5.74) is 0.727. The van der Waals surface area contributed by atoms with Crippen molar-refractivity contribution in [3.05, 3.63) is 60.2 Å². The summed E-state index contributed by atoms with van der Waals surface area (Å²) in [4.78, 5) is 12.8. The zero-order valence-corrected chi connectivity index (χ0v) is 13.9. The van der Waals surface area contributed by atoms with E-state index in [1.165, 1.54) is 4.46 Å². The van der Waals surface area contributed by atoms with Gasteiger partial charge in [-0.05, 0) is 0 Å². The summed E-state index contributed by atoms with van der Waals surface area (Å²) in [6.45, 7) is 4.84. The molecule has 0 saturated heterocycles. The van der Waals surface area contributed by atoms with Crippen LogP contribution >= 0.6 is 0 Å². The Morgan fingerprint density at radius 3 is 2.48 bits per heavy atom. The van der Waals surface area contributed by atoms with E-state index in [4.69, 9.17) is 4.74 Å². The van der Waals surface area contributed by atoms with Gasteiger partial charge in [0.25, 0.3) is 0 Å². The van der Waals surface area contributed by atoms with Crippen LogP contribution in [0, 0.1) is 5.92 Å². The second kappa shape index (κ2) is 5.67. The Morgan fingerprint density at radius 2 is 1.71 bits per heavy atom. The number of rotatable bonds is 3. The fraction of sp³-hybridized carbons (Fsp3) is 0.278. The van der Waals surface area contributed by atoms with E-state index in [9.17, 15) is 4.79 Å². The van der Waals surface area contributed by atoms with Crippen LogP contribution in [-0.4, -0.2) is 27.3 Å². The minimum atomic E-state index is -0.0763. The van der Waals surface area contributed by atoms with E-state index in [0.717, 1.165) is 11.3 Å². The van der Waals surface area contributed by atoms with Crippen molar-refractivity contribution in [1.29, 1.82) is 0 Å². The quantitative estimate of drug-likeness (QED) is 0.799. The topological polar surface area (TPSA) is 26.3 Å². The van der Waals surface area contributed by atoms with E-state index in [-0.39, 0.29) is 31.0 Å². The van der Waals surface area contributed by atoms with Gasteiger partial charge >= 0.3 is 131 Å². The molecule has 3 heteroatoms. The molecule has 0 aliphatic carbocycles. The van der Waals surface area contributed by atoms with Gasteiger partial charge in [-0.1, -0.05) is 0 Å². The van der Waals surface area contributed by atoms with Gasteiger partial charge in [-0.25, -0.2) is 0 Å². The molecule has 1 atom stereocenters. The Kier molecular flexibility index (Phi) is 3.88. The number of ether oxygens (including phenoxy) is 1. The van der Waals surface area contributed by atoms with Gasteiger partial charge < -0.3 is 0 Å². The number of carbonyl (C=O) groups is 1. The van der Waals surface area contributed by atoms with Crippen molar-refractivity contribution >= 4 is 25.2 Å². The number of para-hydroxylation sites is 1. The van der Waals surface area contributed by atoms with Crippen LogP contribution in [0.1, 0.15) is 24.2 Å². The molecule has 2 aromatic rings. The van der Waals surface area contributed by atoms with E-state index in [2.05, 4.69) is 38.1 Å². The van der Waals surface area contributed by atoms with Gasteiger partial charge in [0, 0.05) is 0 Å². The first-order chi connectivity index (χ1) is 10.1. The minimum absolute atomic E-state index is 0.0705. The molecule has 1 heterocycles. The monoisotopic (exact) mass is 346 g/mol. The van der Waals surface area contributed by atoms with Crippen molar-refractivity contribution in [3.8, 4) is 5.75 Å². The zero-order valence-electron chi connectivity index (χ0n) is 12.2. The fourth-order valence-corrected chi connectivity index (χ4v) is 5.17. The molecule has 0 radical (unpaired) electrons. The van der Waals surface area contributed by atoms with Gasteiger partial charge in [0.15, 0.2) is 0 Å². The van der Waals surface area contributed by atoms with Gasteiger partial charge in [-0.15, -0.1) is 0 Å². The average molecular weight is 345 g/mol. The molecular formula is C18H18O2Se. The number of carbonyl (C=O) groups excluding carboxylic acids is 1. The van der Waals surface area contributed by atoms with Gasteiger partial charge in [0.2, 0.25) is 0 Å². The maximum absolute atomic E-state index is 12.8. The first-order valence-electron chi connectivity index (χ1n) is 7.08. The summed E-state index contributed by atoms with van der Waals surface area (Å²) in [7, 11) is 0. The Labute approximate surface area is 131 Å². The van der Waals surface area contributed by atoms with Crippen molar-refractivity contribution in [2.24, 2.45) is 5.92 Å². The van der Waals surface area contributed by atoms with Crippen LogP contribution in [0.15, 0.2) is 54.6 Å². The van der Waals surface area contributed by atoms with E-state index in [1.807, 2.05) is 30.3 Å². The number of ketones is 1. The Morgan fingerprint density at radius 1 is 1.05 bits per heavy atom. The van der Waals surface area contributed by atoms with Gasteiger partial charge in [-0.2, -0.15) is 0 Å². The molecule has 0 spiro atoms. The normalized spacial score (nSPS) is 18.0. The Balaban J connectivity index is 1.85. The molecule has 0 fully saturated rings. The summed E-state index contributed by atoms with van der Waals surface area (Å²) >= 11 is 0.226. The first-order valence-corrected chi connectivity index (χ1v) is 8.79. The number of benzene rings is 2. The summed E-state index contributed by atoms with van der Waals surface area (Å²) in [6, 6.07) is 18.0. The van der Waals surface area contributed by atoms with Crippen molar-refractivity contribution < 1.29 is 9.53 Å². The second-order valence-electron chi connectivity index (χ2n) is 5.74. The molecule has 0 saturated carbocycles. The predicted molar refractivity (Wildman–Crippen MR) is 85.6 cm³/mol. The van der Waals surface area contributed by atoms with Crippen molar-refractivity contribution in [2.75, 3.05) is 6.61 Å². The van der Waals surface area contributed by atoms with Gasteiger partial charge in [0.05, 0.1) is 0 Å². The summed E-state index contributed by atoms with van der Waals surface area (Å²) < 4.78 is 7.07. The molecule has 108 valence electrons. The standard InChI is InChI=1S/C18H18O2Se/c1-18(2,21-13-8-4-3-5-9-13)15-12-20-16-11-7-6-10-14(16)17(15)19/h3-11,15H,12H2,1-2H3. The van der Waals surface area contributed by atoms with Crippen LogP contribution in [0.4, 0.5) is 0 Å². The van der Waals surface area contributed by atoms with Crippen LogP contribution in [0.5, 0.6) is 5.75 Å². The number of Topliss-reactive ketones (excluding diaryl/α,β-unsaturated/α-hetero) is 1. The Hall–Kier alpha value is -1.57. The zero-order chi connectivity index (χ0) is 14.9. The molecule has 1 unspecified atom stereocenters. The number of hydrogen-bond donors (Lipinski definition) is 0. The molecule has 2 nitrogen and oxygen atoms in total. The third kappa shape index (κ3) is 2.90. The van der Waals surface area contributed by atoms with E-state index in [0.29, 0.717) is 6.61 Å². The molecule has 2 aromatic carbocycles. The molecule has 3 rings (SSSR count). The van der Waals surface area contributed by atoms with Crippen molar-refractivity contribution in [3.63, 3.8) is 0 Å². The first kappa shape index (κ1) is 14.4. The summed E-state index contributed by atoms with van der Waals surface area (Å²) in [5, 5.41) is 0. The van der Waals surface area contributed by atoms with Crippen LogP contribution < -0.4 is 9.20 Å². The van der Waals surface area contributed by atoms with Crippen molar-refractivity contribution in [2.45, 2.75) is 18.2 Å². The molecule has 21 heavy (non-hydrogen) atoms. The van der Waals surface area contributed by atoms with Crippen molar-refractivity contribution in [1.82, 2.24) is 0 Å². The van der Waals surface area contributed by atoms with E-state index in [1.54, 1.807) is 0 Å². The van der Waals surface area contributed by atoms with E-state index < -0.39 is 0 Å². The summed E-state index contributed by atoms with van der Waals surface area (Å²) in [5.74, 6) is 0.869. The molecular weight excluding hydrogens is 327 g/mol. The number of hydrogen-bond acceptors (Lipinski definition) is 2. The predicted octanol–water partition coefficient (Wildman–Crippen LogP) is 3.11. The van der Waals surface area contributed by atoms with Crippen LogP contribution in [-0.2, 0) is 0 Å². The van der Waals surface area contributed by atoms with E-state index >= 15 is 0 Å². The number of fused-ring (bicyclic) bond motifs is 1. The molecule has 0 aromatic heterocycles. The average Bonchev–Trinajstić information content (AvgIpc) is 2.48. The van der Waals surface area contributed by atoms with Crippen LogP contribution in [0.2, 0.25) is 4.31 Å². The Bertz CT molecular complexity index is 649. The van der Waals surface area contributed by atoms with Crippen LogP contribution in [0.25, 0.3) is 0 Å². The maximum atomic E-state index is 12.8. The third-order valence-electron chi connectivity index (χ3n) is 3.84. The molecule has 0 bridgehead atoms. The molecule has 0 N–H and O–H groups in total. The second-order valence-corrected chi connectivity index (χ2v) is 9.37. The SMILES string of the molecule is CC(C)([Se]c1ccccc1)C1COc2ccccc2C1=O. The third-order valence-corrected chi connectivity index (χ3v) is 6.60. The van der Waals surface area contributed by atoms with Crippen LogP contribution in [0.3, 0.4) is 0 Å². The summed E-state index contributed by atoms with van der Waals surface area (Å²) in [6.07, 6.45) is 0. The molecule has 1 aliphatic rings.